The van der Waals surface area contributed by atoms with Crippen molar-refractivity contribution in [3.63, 3.8) is 0 Å². The molecule has 96 valence electrons. The Hall–Kier alpha value is -0.0800. The lowest BCUT2D eigenvalue weighted by atomic mass is 9.71. The van der Waals surface area contributed by atoms with Crippen molar-refractivity contribution < 1.29 is 10.2 Å². The Morgan fingerprint density at radius 3 is 1.94 bits per heavy atom. The minimum atomic E-state index is -0.170. The highest BCUT2D eigenvalue weighted by Crippen LogP contribution is 2.38. The van der Waals surface area contributed by atoms with E-state index in [1.54, 1.807) is 0 Å². The van der Waals surface area contributed by atoms with Gasteiger partial charge >= 0.3 is 0 Å². The van der Waals surface area contributed by atoms with E-state index < -0.39 is 0 Å². The monoisotopic (exact) mass is 228 g/mol. The van der Waals surface area contributed by atoms with Gasteiger partial charge in [0.05, 0.1) is 6.10 Å². The summed E-state index contributed by atoms with van der Waals surface area (Å²) in [7, 11) is 0. The lowest BCUT2D eigenvalue weighted by molar-refractivity contribution is 0.0673. The smallest absolute Gasteiger partial charge is 0.0540 e. The Balaban J connectivity index is 2.33. The third kappa shape index (κ3) is 3.74. The molecule has 1 fully saturated rings. The van der Waals surface area contributed by atoms with Crippen LogP contribution in [-0.2, 0) is 0 Å². The maximum atomic E-state index is 9.60. The van der Waals surface area contributed by atoms with Crippen molar-refractivity contribution in [2.75, 3.05) is 6.61 Å². The number of hydrogen-bond donors (Lipinski definition) is 2. The average molecular weight is 228 g/mol. The molecule has 0 radical (unpaired) electrons. The number of rotatable bonds is 5. The minimum Gasteiger partial charge on any atom is -0.396 e. The Morgan fingerprint density at radius 2 is 1.50 bits per heavy atom. The molecule has 1 rings (SSSR count). The molecule has 0 aromatic rings. The van der Waals surface area contributed by atoms with Gasteiger partial charge < -0.3 is 10.2 Å². The van der Waals surface area contributed by atoms with E-state index in [-0.39, 0.29) is 6.10 Å². The van der Waals surface area contributed by atoms with Crippen molar-refractivity contribution >= 4 is 0 Å². The molecule has 1 aliphatic carbocycles. The summed E-state index contributed by atoms with van der Waals surface area (Å²) in [6.07, 6.45) is 5.85. The first-order valence-corrected chi connectivity index (χ1v) is 6.85. The quantitative estimate of drug-likeness (QED) is 0.759. The van der Waals surface area contributed by atoms with Gasteiger partial charge in [-0.15, -0.1) is 0 Å². The fourth-order valence-corrected chi connectivity index (χ4v) is 3.07. The first kappa shape index (κ1) is 14.0. The summed E-state index contributed by atoms with van der Waals surface area (Å²) in [5.41, 5.74) is 0. The van der Waals surface area contributed by atoms with Gasteiger partial charge in [0, 0.05) is 6.61 Å². The Labute approximate surface area is 100 Å². The molecule has 2 nitrogen and oxygen atoms in total. The maximum absolute atomic E-state index is 9.60. The molecule has 0 aromatic carbocycles. The molecular weight excluding hydrogens is 200 g/mol. The van der Waals surface area contributed by atoms with Gasteiger partial charge in [-0.25, -0.2) is 0 Å². The van der Waals surface area contributed by atoms with Crippen molar-refractivity contribution in [3.8, 4) is 0 Å². The van der Waals surface area contributed by atoms with Gasteiger partial charge in [-0.2, -0.15) is 0 Å². The molecular formula is C14H28O2. The Kier molecular flexibility index (Phi) is 5.77. The SMILES string of the molecule is CC(O)C(C)C1CCC(C(C)CCO)CC1. The van der Waals surface area contributed by atoms with Gasteiger partial charge in [0.25, 0.3) is 0 Å². The van der Waals surface area contributed by atoms with Crippen LogP contribution in [0.1, 0.15) is 52.9 Å². The second kappa shape index (κ2) is 6.61. The highest BCUT2D eigenvalue weighted by molar-refractivity contribution is 4.80. The predicted octanol–water partition coefficient (Wildman–Crippen LogP) is 2.83. The van der Waals surface area contributed by atoms with Crippen molar-refractivity contribution in [2.45, 2.75) is 59.0 Å². The average Bonchev–Trinajstić information content (AvgIpc) is 2.28. The molecule has 0 aliphatic heterocycles. The van der Waals surface area contributed by atoms with E-state index in [0.717, 1.165) is 12.3 Å². The largest absolute Gasteiger partial charge is 0.396 e. The van der Waals surface area contributed by atoms with E-state index >= 15 is 0 Å². The van der Waals surface area contributed by atoms with Crippen molar-refractivity contribution in [2.24, 2.45) is 23.7 Å². The van der Waals surface area contributed by atoms with Gasteiger partial charge in [-0.3, -0.25) is 0 Å². The molecule has 16 heavy (non-hydrogen) atoms. The van der Waals surface area contributed by atoms with Crippen LogP contribution in [0.2, 0.25) is 0 Å². The third-order valence-corrected chi connectivity index (χ3v) is 4.71. The molecule has 0 aromatic heterocycles. The molecule has 0 saturated heterocycles. The van der Waals surface area contributed by atoms with E-state index in [1.807, 2.05) is 6.92 Å². The second-order valence-corrected chi connectivity index (χ2v) is 5.76. The topological polar surface area (TPSA) is 40.5 Å². The van der Waals surface area contributed by atoms with Crippen LogP contribution in [-0.4, -0.2) is 22.9 Å². The van der Waals surface area contributed by atoms with Gasteiger partial charge in [0.2, 0.25) is 0 Å². The zero-order chi connectivity index (χ0) is 12.1. The molecule has 0 spiro atoms. The lowest BCUT2D eigenvalue weighted by Gasteiger charge is -2.35. The standard InChI is InChI=1S/C14H28O2/c1-10(8-9-15)13-4-6-14(7-5-13)11(2)12(3)16/h10-16H,4-9H2,1-3H3. The molecule has 3 unspecified atom stereocenters. The summed E-state index contributed by atoms with van der Waals surface area (Å²) in [5.74, 6) is 2.60. The third-order valence-electron chi connectivity index (χ3n) is 4.71. The van der Waals surface area contributed by atoms with Crippen molar-refractivity contribution in [3.05, 3.63) is 0 Å². The molecule has 0 bridgehead atoms. The highest BCUT2D eigenvalue weighted by Gasteiger charge is 2.29. The van der Waals surface area contributed by atoms with Crippen LogP contribution in [0.5, 0.6) is 0 Å². The van der Waals surface area contributed by atoms with Crippen LogP contribution in [0, 0.1) is 23.7 Å². The first-order valence-electron chi connectivity index (χ1n) is 6.85. The molecule has 0 amide bonds. The summed E-state index contributed by atoms with van der Waals surface area (Å²) < 4.78 is 0. The number of hydrogen-bond acceptors (Lipinski definition) is 2. The minimum absolute atomic E-state index is 0.170. The molecule has 2 heteroatoms. The summed E-state index contributed by atoms with van der Waals surface area (Å²) in [5, 5.41) is 18.5. The van der Waals surface area contributed by atoms with Crippen LogP contribution in [0.3, 0.4) is 0 Å². The van der Waals surface area contributed by atoms with Gasteiger partial charge in [-0.05, 0) is 62.7 Å². The van der Waals surface area contributed by atoms with E-state index in [1.165, 1.54) is 25.7 Å². The van der Waals surface area contributed by atoms with Crippen LogP contribution in [0.15, 0.2) is 0 Å². The lowest BCUT2D eigenvalue weighted by Crippen LogP contribution is -2.28. The highest BCUT2D eigenvalue weighted by atomic mass is 16.3. The molecule has 1 aliphatic rings. The van der Waals surface area contributed by atoms with E-state index in [4.69, 9.17) is 5.11 Å². The van der Waals surface area contributed by atoms with Crippen LogP contribution in [0.4, 0.5) is 0 Å². The van der Waals surface area contributed by atoms with Crippen molar-refractivity contribution in [1.82, 2.24) is 0 Å². The van der Waals surface area contributed by atoms with Crippen LogP contribution < -0.4 is 0 Å². The first-order chi connectivity index (χ1) is 7.56. The van der Waals surface area contributed by atoms with Crippen LogP contribution in [0.25, 0.3) is 0 Å². The van der Waals surface area contributed by atoms with Crippen LogP contribution >= 0.6 is 0 Å². The summed E-state index contributed by atoms with van der Waals surface area (Å²) in [4.78, 5) is 0. The normalized spacial score (nSPS) is 32.1. The Morgan fingerprint density at radius 1 is 1.00 bits per heavy atom. The summed E-state index contributed by atoms with van der Waals surface area (Å²) >= 11 is 0. The van der Waals surface area contributed by atoms with Gasteiger partial charge in [0.15, 0.2) is 0 Å². The van der Waals surface area contributed by atoms with E-state index in [2.05, 4.69) is 13.8 Å². The molecule has 1 saturated carbocycles. The predicted molar refractivity (Wildman–Crippen MR) is 67.2 cm³/mol. The summed E-state index contributed by atoms with van der Waals surface area (Å²) in [6.45, 7) is 6.67. The van der Waals surface area contributed by atoms with Gasteiger partial charge in [0.1, 0.15) is 0 Å². The molecule has 3 atom stereocenters. The number of aliphatic hydroxyl groups excluding tert-OH is 2. The zero-order valence-corrected chi connectivity index (χ0v) is 11.0. The number of aliphatic hydroxyl groups is 2. The van der Waals surface area contributed by atoms with Crippen molar-refractivity contribution in [1.29, 1.82) is 0 Å². The zero-order valence-electron chi connectivity index (χ0n) is 11.0. The maximum Gasteiger partial charge on any atom is 0.0540 e. The second-order valence-electron chi connectivity index (χ2n) is 5.76. The van der Waals surface area contributed by atoms with Gasteiger partial charge in [-0.1, -0.05) is 13.8 Å². The summed E-state index contributed by atoms with van der Waals surface area (Å²) in [6, 6.07) is 0. The fourth-order valence-electron chi connectivity index (χ4n) is 3.07. The Bertz CT molecular complexity index is 183. The van der Waals surface area contributed by atoms with E-state index in [0.29, 0.717) is 24.4 Å². The van der Waals surface area contributed by atoms with E-state index in [9.17, 15) is 5.11 Å². The molecule has 0 heterocycles. The fraction of sp³-hybridized carbons (Fsp3) is 1.00. The molecule has 2 N–H and O–H groups in total.